The van der Waals surface area contributed by atoms with E-state index in [0.29, 0.717) is 19.6 Å². The zero-order valence-electron chi connectivity index (χ0n) is 11.7. The number of rotatable bonds is 2. The summed E-state index contributed by atoms with van der Waals surface area (Å²) in [7, 11) is 0. The van der Waals surface area contributed by atoms with Crippen LogP contribution in [0.2, 0.25) is 0 Å². The van der Waals surface area contributed by atoms with Crippen LogP contribution in [0.25, 0.3) is 0 Å². The summed E-state index contributed by atoms with van der Waals surface area (Å²) in [6.07, 6.45) is -1.44. The highest BCUT2D eigenvalue weighted by Gasteiger charge is 2.50. The van der Waals surface area contributed by atoms with Crippen molar-refractivity contribution in [2.45, 2.75) is 32.0 Å². The summed E-state index contributed by atoms with van der Waals surface area (Å²) in [6, 6.07) is 1.34. The van der Waals surface area contributed by atoms with E-state index in [4.69, 9.17) is 0 Å². The third-order valence-corrected chi connectivity index (χ3v) is 4.23. The van der Waals surface area contributed by atoms with Crippen LogP contribution < -0.4 is 0 Å². The van der Waals surface area contributed by atoms with Gasteiger partial charge >= 0.3 is 6.18 Å². The fourth-order valence-electron chi connectivity index (χ4n) is 3.55. The van der Waals surface area contributed by atoms with E-state index in [1.807, 2.05) is 10.0 Å². The molecule has 3 heterocycles. The molecule has 1 aromatic heterocycles. The van der Waals surface area contributed by atoms with Gasteiger partial charge < -0.3 is 0 Å². The Morgan fingerprint density at radius 1 is 1.33 bits per heavy atom. The smallest absolute Gasteiger partial charge is 0.261 e. The molecule has 0 aliphatic carbocycles. The van der Waals surface area contributed by atoms with Crippen molar-refractivity contribution in [3.8, 4) is 0 Å². The standard InChI is InChI=1S/C14H17F4N3/c1-13(7-14(16,17)18)8-20-3-2-12(21(20)9-13)10-4-11(15)6-19-5-10/h4-6,12H,2-3,7-9H2,1H3/t12-,13-/m1/s1. The van der Waals surface area contributed by atoms with Gasteiger partial charge in [-0.05, 0) is 18.1 Å². The maximum Gasteiger partial charge on any atom is 0.389 e. The lowest BCUT2D eigenvalue weighted by atomic mass is 9.86. The lowest BCUT2D eigenvalue weighted by Crippen LogP contribution is -2.32. The third kappa shape index (κ3) is 3.03. The Morgan fingerprint density at radius 3 is 2.76 bits per heavy atom. The van der Waals surface area contributed by atoms with Crippen molar-refractivity contribution in [1.82, 2.24) is 15.0 Å². The molecular weight excluding hydrogens is 286 g/mol. The van der Waals surface area contributed by atoms with Gasteiger partial charge in [0.1, 0.15) is 5.82 Å². The minimum absolute atomic E-state index is 0.0803. The molecule has 0 spiro atoms. The van der Waals surface area contributed by atoms with Gasteiger partial charge in [0, 0.05) is 31.2 Å². The van der Waals surface area contributed by atoms with Gasteiger partial charge in [0.2, 0.25) is 0 Å². The van der Waals surface area contributed by atoms with Crippen molar-refractivity contribution in [3.05, 3.63) is 29.8 Å². The average Bonchev–Trinajstić information content (AvgIpc) is 2.82. The molecule has 0 unspecified atom stereocenters. The van der Waals surface area contributed by atoms with Crippen molar-refractivity contribution in [3.63, 3.8) is 0 Å². The summed E-state index contributed by atoms with van der Waals surface area (Å²) in [4.78, 5) is 3.84. The predicted octanol–water partition coefficient (Wildman–Crippen LogP) is 3.16. The third-order valence-electron chi connectivity index (χ3n) is 4.23. The SMILES string of the molecule is C[C@@]1(CC(F)(F)F)CN2CC[C@H](c3cncc(F)c3)N2C1. The number of hydrazine groups is 1. The van der Waals surface area contributed by atoms with Gasteiger partial charge in [0.15, 0.2) is 0 Å². The first kappa shape index (κ1) is 14.7. The molecule has 3 rings (SSSR count). The number of pyridine rings is 1. The molecule has 7 heteroatoms. The zero-order valence-corrected chi connectivity index (χ0v) is 11.7. The van der Waals surface area contributed by atoms with Crippen LogP contribution >= 0.6 is 0 Å². The average molecular weight is 303 g/mol. The number of hydrogen-bond acceptors (Lipinski definition) is 3. The first-order valence-electron chi connectivity index (χ1n) is 6.95. The predicted molar refractivity (Wildman–Crippen MR) is 68.6 cm³/mol. The van der Waals surface area contributed by atoms with Crippen molar-refractivity contribution in [2.24, 2.45) is 5.41 Å². The number of nitrogens with zero attached hydrogens (tertiary/aromatic N) is 3. The van der Waals surface area contributed by atoms with E-state index >= 15 is 0 Å². The van der Waals surface area contributed by atoms with Gasteiger partial charge in [-0.1, -0.05) is 6.92 Å². The second kappa shape index (κ2) is 4.91. The van der Waals surface area contributed by atoms with E-state index in [1.165, 1.54) is 6.07 Å². The molecular formula is C14H17F4N3. The first-order chi connectivity index (χ1) is 9.76. The van der Waals surface area contributed by atoms with E-state index in [1.54, 1.807) is 13.1 Å². The largest absolute Gasteiger partial charge is 0.389 e. The maximum atomic E-state index is 13.3. The molecule has 116 valence electrons. The topological polar surface area (TPSA) is 19.4 Å². The quantitative estimate of drug-likeness (QED) is 0.782. The molecule has 2 aliphatic heterocycles. The summed E-state index contributed by atoms with van der Waals surface area (Å²) in [5, 5.41) is 3.91. The number of hydrogen-bond donors (Lipinski definition) is 0. The Morgan fingerprint density at radius 2 is 2.10 bits per heavy atom. The van der Waals surface area contributed by atoms with Gasteiger partial charge in [-0.25, -0.2) is 14.4 Å². The van der Waals surface area contributed by atoms with Crippen LogP contribution in [0.3, 0.4) is 0 Å². The molecule has 0 bridgehead atoms. The number of halogens is 4. The van der Waals surface area contributed by atoms with Crippen molar-refractivity contribution in [2.75, 3.05) is 19.6 Å². The summed E-state index contributed by atoms with van der Waals surface area (Å²) >= 11 is 0. The lowest BCUT2D eigenvalue weighted by Gasteiger charge is -2.27. The molecule has 0 amide bonds. The van der Waals surface area contributed by atoms with Gasteiger partial charge in [-0.3, -0.25) is 4.98 Å². The molecule has 0 aromatic carbocycles. The summed E-state index contributed by atoms with van der Waals surface area (Å²) in [5.74, 6) is -0.414. The summed E-state index contributed by atoms with van der Waals surface area (Å²) in [6.45, 7) is 3.10. The molecule has 0 N–H and O–H groups in total. The highest BCUT2D eigenvalue weighted by molar-refractivity contribution is 5.17. The van der Waals surface area contributed by atoms with E-state index < -0.39 is 23.8 Å². The maximum absolute atomic E-state index is 13.3. The number of fused-ring (bicyclic) bond motifs is 1. The van der Waals surface area contributed by atoms with Crippen molar-refractivity contribution >= 4 is 0 Å². The van der Waals surface area contributed by atoms with Crippen LogP contribution in [-0.2, 0) is 0 Å². The van der Waals surface area contributed by atoms with Gasteiger partial charge in [0.25, 0.3) is 0 Å². The molecule has 21 heavy (non-hydrogen) atoms. The minimum Gasteiger partial charge on any atom is -0.261 e. The highest BCUT2D eigenvalue weighted by atomic mass is 19.4. The van der Waals surface area contributed by atoms with E-state index in [2.05, 4.69) is 4.98 Å². The molecule has 0 saturated carbocycles. The number of aromatic nitrogens is 1. The fraction of sp³-hybridized carbons (Fsp3) is 0.643. The Hall–Kier alpha value is -1.21. The Bertz CT molecular complexity index is 533. The fourth-order valence-corrected chi connectivity index (χ4v) is 3.55. The van der Waals surface area contributed by atoms with Crippen LogP contribution in [0.15, 0.2) is 18.5 Å². The Balaban J connectivity index is 1.78. The van der Waals surface area contributed by atoms with Gasteiger partial charge in [-0.2, -0.15) is 13.2 Å². The number of alkyl halides is 3. The first-order valence-corrected chi connectivity index (χ1v) is 6.95. The molecule has 3 nitrogen and oxygen atoms in total. The van der Waals surface area contributed by atoms with Crippen LogP contribution in [0, 0.1) is 11.2 Å². The van der Waals surface area contributed by atoms with E-state index in [0.717, 1.165) is 18.2 Å². The molecule has 2 saturated heterocycles. The molecule has 2 aliphatic rings. The monoisotopic (exact) mass is 303 g/mol. The second-order valence-corrected chi connectivity index (χ2v) is 6.33. The van der Waals surface area contributed by atoms with E-state index in [9.17, 15) is 17.6 Å². The van der Waals surface area contributed by atoms with Crippen LogP contribution in [0.4, 0.5) is 17.6 Å². The van der Waals surface area contributed by atoms with Gasteiger partial charge in [0.05, 0.1) is 18.7 Å². The molecule has 2 atom stereocenters. The normalized spacial score (nSPS) is 30.8. The Kier molecular flexibility index (Phi) is 3.44. The van der Waals surface area contributed by atoms with Crippen LogP contribution in [-0.4, -0.2) is 40.8 Å². The van der Waals surface area contributed by atoms with E-state index in [-0.39, 0.29) is 6.04 Å². The summed E-state index contributed by atoms with van der Waals surface area (Å²) < 4.78 is 51.4. The van der Waals surface area contributed by atoms with Crippen LogP contribution in [0.1, 0.15) is 31.4 Å². The second-order valence-electron chi connectivity index (χ2n) is 6.33. The van der Waals surface area contributed by atoms with Crippen molar-refractivity contribution < 1.29 is 17.6 Å². The summed E-state index contributed by atoms with van der Waals surface area (Å²) in [5.41, 5.74) is -0.0775. The highest BCUT2D eigenvalue weighted by Crippen LogP contribution is 2.45. The minimum atomic E-state index is -4.16. The van der Waals surface area contributed by atoms with Crippen LogP contribution in [0.5, 0.6) is 0 Å². The zero-order chi connectivity index (χ0) is 15.3. The molecule has 2 fully saturated rings. The van der Waals surface area contributed by atoms with Crippen molar-refractivity contribution in [1.29, 1.82) is 0 Å². The Labute approximate surface area is 120 Å². The molecule has 1 aromatic rings. The van der Waals surface area contributed by atoms with Gasteiger partial charge in [-0.15, -0.1) is 0 Å². The molecule has 0 radical (unpaired) electrons. The lowest BCUT2D eigenvalue weighted by molar-refractivity contribution is -0.154.